The van der Waals surface area contributed by atoms with E-state index in [1.165, 1.54) is 0 Å². The van der Waals surface area contributed by atoms with E-state index in [1.54, 1.807) is 9.47 Å². The number of carbonyl (C=O) groups excluding carboxylic acids is 3. The maximum atomic E-state index is 11.8. The van der Waals surface area contributed by atoms with Gasteiger partial charge < -0.3 is 24.2 Å². The van der Waals surface area contributed by atoms with Crippen LogP contribution in [0.2, 0.25) is 0 Å². The van der Waals surface area contributed by atoms with E-state index in [4.69, 9.17) is 9.47 Å². The monoisotopic (exact) mass is 362 g/mol. The maximum absolute atomic E-state index is 11.8. The third kappa shape index (κ3) is 11.8. The van der Waals surface area contributed by atoms with E-state index >= 15 is 0 Å². The summed E-state index contributed by atoms with van der Waals surface area (Å²) >= 11 is 0. The first kappa shape index (κ1) is 22.3. The first-order valence-corrected chi connectivity index (χ1v) is 8.20. The van der Waals surface area contributed by atoms with E-state index in [0.717, 1.165) is 25.5 Å². The van der Waals surface area contributed by atoms with Crippen LogP contribution >= 0.6 is 9.47 Å². The highest BCUT2D eigenvalue weighted by Gasteiger charge is 2.17. The van der Waals surface area contributed by atoms with Crippen LogP contribution in [-0.4, -0.2) is 62.3 Å². The Morgan fingerprint density at radius 3 is 2.50 bits per heavy atom. The lowest BCUT2D eigenvalue weighted by atomic mass is 10.3. The number of nitrogens with zero attached hydrogens (tertiary/aromatic N) is 1. The summed E-state index contributed by atoms with van der Waals surface area (Å²) in [6, 6.07) is -0.705. The molecule has 0 spiro atoms. The molecule has 24 heavy (non-hydrogen) atoms. The van der Waals surface area contributed by atoms with Crippen LogP contribution in [0.15, 0.2) is 12.7 Å². The van der Waals surface area contributed by atoms with Crippen LogP contribution in [0.1, 0.15) is 26.2 Å². The van der Waals surface area contributed by atoms with Gasteiger partial charge in [0.15, 0.2) is 0 Å². The summed E-state index contributed by atoms with van der Waals surface area (Å²) in [6.45, 7) is 6.61. The molecule has 0 aromatic rings. The summed E-state index contributed by atoms with van der Waals surface area (Å²) in [4.78, 5) is 36.1. The fourth-order valence-electron chi connectivity index (χ4n) is 1.66. The highest BCUT2D eigenvalue weighted by Crippen LogP contribution is 1.98. The number of esters is 2. The fraction of sp³-hybridized carbons (Fsp3) is 0.667. The van der Waals surface area contributed by atoms with E-state index in [1.807, 2.05) is 7.05 Å². The van der Waals surface area contributed by atoms with Gasteiger partial charge >= 0.3 is 18.0 Å². The third-order valence-electron chi connectivity index (χ3n) is 3.06. The van der Waals surface area contributed by atoms with Crippen molar-refractivity contribution in [2.24, 2.45) is 0 Å². The lowest BCUT2D eigenvalue weighted by molar-refractivity contribution is -0.146. The average molecular weight is 362 g/mol. The van der Waals surface area contributed by atoms with Crippen molar-refractivity contribution in [2.75, 3.05) is 33.4 Å². The van der Waals surface area contributed by atoms with Gasteiger partial charge in [0.2, 0.25) is 0 Å². The molecule has 0 rings (SSSR count). The molecule has 9 heteroatoms. The number of ether oxygens (including phenoxy) is 2. The molecule has 1 N–H and O–H groups in total. The number of amides is 1. The Bertz CT molecular complexity index is 419. The summed E-state index contributed by atoms with van der Waals surface area (Å²) in [6.07, 6.45) is 2.67. The molecule has 0 radical (unpaired) electrons. The van der Waals surface area contributed by atoms with Crippen molar-refractivity contribution in [1.29, 1.82) is 0 Å². The second-order valence-corrected chi connectivity index (χ2v) is 5.41. The lowest BCUT2D eigenvalue weighted by Gasteiger charge is -2.18. The van der Waals surface area contributed by atoms with Crippen molar-refractivity contribution < 1.29 is 28.4 Å². The quantitative estimate of drug-likeness (QED) is 0.317. The third-order valence-corrected chi connectivity index (χ3v) is 3.27. The average Bonchev–Trinajstić information content (AvgIpc) is 2.59. The van der Waals surface area contributed by atoms with Gasteiger partial charge in [-0.15, -0.1) is 0 Å². The van der Waals surface area contributed by atoms with Crippen molar-refractivity contribution in [3.05, 3.63) is 12.7 Å². The lowest BCUT2D eigenvalue weighted by Crippen LogP contribution is -2.42. The summed E-state index contributed by atoms with van der Waals surface area (Å²) in [5.41, 5.74) is 0. The van der Waals surface area contributed by atoms with Crippen LogP contribution in [0.3, 0.4) is 0 Å². The second kappa shape index (κ2) is 13.7. The van der Waals surface area contributed by atoms with Gasteiger partial charge in [0.25, 0.3) is 0 Å². The Morgan fingerprint density at radius 2 is 1.92 bits per heavy atom. The summed E-state index contributed by atoms with van der Waals surface area (Å²) in [5.74, 6) is -1.02. The molecule has 0 aromatic heterocycles. The van der Waals surface area contributed by atoms with E-state index in [2.05, 4.69) is 28.2 Å². The normalized spacial score (nSPS) is 11.5. The minimum absolute atomic E-state index is 0.123. The highest BCUT2D eigenvalue weighted by atomic mass is 31.0. The molecule has 0 fully saturated rings. The van der Waals surface area contributed by atoms with Crippen molar-refractivity contribution in [3.63, 3.8) is 0 Å². The topological polar surface area (TPSA) is 94.2 Å². The number of hydrogen-bond donors (Lipinski definition) is 1. The van der Waals surface area contributed by atoms with Gasteiger partial charge in [-0.2, -0.15) is 0 Å². The molecule has 0 saturated heterocycles. The minimum atomic E-state index is -0.741. The van der Waals surface area contributed by atoms with Crippen LogP contribution in [0.4, 0.5) is 4.79 Å². The van der Waals surface area contributed by atoms with Crippen molar-refractivity contribution in [1.82, 2.24) is 10.2 Å². The standard InChI is InChI=1S/C15H27N2O6P/c1-4-6-8-17(3)9-7-14(19)22-11-12(16-15(20)23-24)10-21-13(18)5-2/h5,12H,2,4,6-11,24H2,1,3H3,(H,16,20). The maximum Gasteiger partial charge on any atom is 0.409 e. The summed E-state index contributed by atoms with van der Waals surface area (Å²) in [5, 5.41) is 2.41. The smallest absolute Gasteiger partial charge is 0.409 e. The van der Waals surface area contributed by atoms with Gasteiger partial charge in [0.1, 0.15) is 19.3 Å². The van der Waals surface area contributed by atoms with E-state index < -0.39 is 18.1 Å². The molecule has 0 saturated carbocycles. The van der Waals surface area contributed by atoms with Crippen molar-refractivity contribution >= 4 is 27.5 Å². The second-order valence-electron chi connectivity index (χ2n) is 5.17. The first-order chi connectivity index (χ1) is 11.4. The van der Waals surface area contributed by atoms with Crippen molar-refractivity contribution in [3.8, 4) is 0 Å². The zero-order chi connectivity index (χ0) is 18.4. The molecule has 2 unspecified atom stereocenters. The molecule has 0 aliphatic rings. The number of rotatable bonds is 12. The van der Waals surface area contributed by atoms with Crippen LogP contribution in [0, 0.1) is 0 Å². The number of hydrogen-bond acceptors (Lipinski definition) is 7. The number of carbonyl (C=O) groups is 3. The Morgan fingerprint density at radius 1 is 1.25 bits per heavy atom. The van der Waals surface area contributed by atoms with Crippen molar-refractivity contribution in [2.45, 2.75) is 32.2 Å². The molecular formula is C15H27N2O6P. The molecule has 2 atom stereocenters. The fourth-order valence-corrected chi connectivity index (χ4v) is 1.73. The molecular weight excluding hydrogens is 335 g/mol. The summed E-state index contributed by atoms with van der Waals surface area (Å²) in [7, 11) is 3.74. The SMILES string of the molecule is C=CC(=O)OCC(COC(=O)CCN(C)CCCC)NC(=O)OP. The highest BCUT2D eigenvalue weighted by molar-refractivity contribution is 7.10. The Balaban J connectivity index is 4.21. The van der Waals surface area contributed by atoms with Gasteiger partial charge in [0.05, 0.1) is 15.9 Å². The van der Waals surface area contributed by atoms with Gasteiger partial charge in [-0.25, -0.2) is 9.59 Å². The van der Waals surface area contributed by atoms with E-state index in [0.29, 0.717) is 6.54 Å². The molecule has 0 heterocycles. The molecule has 0 bridgehead atoms. The van der Waals surface area contributed by atoms with Gasteiger partial charge in [0, 0.05) is 12.6 Å². The largest absolute Gasteiger partial charge is 0.463 e. The van der Waals surface area contributed by atoms with Gasteiger partial charge in [-0.3, -0.25) is 4.79 Å². The van der Waals surface area contributed by atoms with E-state index in [9.17, 15) is 14.4 Å². The zero-order valence-corrected chi connectivity index (χ0v) is 15.4. The summed E-state index contributed by atoms with van der Waals surface area (Å²) < 4.78 is 14.3. The van der Waals surface area contributed by atoms with E-state index in [-0.39, 0.29) is 25.6 Å². The molecule has 0 aliphatic heterocycles. The minimum Gasteiger partial charge on any atom is -0.463 e. The molecule has 1 amide bonds. The molecule has 0 aliphatic carbocycles. The predicted octanol–water partition coefficient (Wildman–Crippen LogP) is 1.27. The van der Waals surface area contributed by atoms with Crippen LogP contribution in [0.5, 0.6) is 0 Å². The first-order valence-electron chi connectivity index (χ1n) is 7.73. The Labute approximate surface area is 145 Å². The predicted molar refractivity (Wildman–Crippen MR) is 92.3 cm³/mol. The van der Waals surface area contributed by atoms with Gasteiger partial charge in [-0.1, -0.05) is 19.9 Å². The Hall–Kier alpha value is -1.66. The van der Waals surface area contributed by atoms with Gasteiger partial charge in [-0.05, 0) is 20.0 Å². The number of nitrogens with one attached hydrogen (secondary N) is 1. The molecule has 0 aromatic carbocycles. The van der Waals surface area contributed by atoms with Crippen LogP contribution in [-0.2, 0) is 23.6 Å². The van der Waals surface area contributed by atoms with Crippen LogP contribution in [0.25, 0.3) is 0 Å². The Kier molecular flexibility index (Phi) is 12.8. The molecule has 8 nitrogen and oxygen atoms in total. The molecule has 138 valence electrons. The zero-order valence-electron chi connectivity index (χ0n) is 14.3. The number of unbranched alkanes of at least 4 members (excludes halogenated alkanes) is 1. The van der Waals surface area contributed by atoms with Crippen LogP contribution < -0.4 is 5.32 Å².